The van der Waals surface area contributed by atoms with E-state index in [0.29, 0.717) is 23.3 Å². The van der Waals surface area contributed by atoms with Crippen LogP contribution in [-0.4, -0.2) is 76.5 Å². The van der Waals surface area contributed by atoms with Crippen LogP contribution in [0.3, 0.4) is 0 Å². The number of fused-ring (bicyclic) bond motifs is 3. The van der Waals surface area contributed by atoms with Gasteiger partial charge in [-0.2, -0.15) is 0 Å². The fourth-order valence-electron chi connectivity index (χ4n) is 4.38. The third kappa shape index (κ3) is 3.74. The van der Waals surface area contributed by atoms with Gasteiger partial charge in [0.05, 0.1) is 16.6 Å². The maximum absolute atomic E-state index is 13.6. The molecule has 2 atom stereocenters. The van der Waals surface area contributed by atoms with Gasteiger partial charge in [-0.05, 0) is 44.9 Å². The molecule has 3 aliphatic rings. The maximum Gasteiger partial charge on any atom is 0.328 e. The number of ether oxygens (including phenoxy) is 1. The molecule has 1 aromatic rings. The fourth-order valence-corrected chi connectivity index (χ4v) is 4.70. The molecule has 3 aliphatic heterocycles. The second kappa shape index (κ2) is 8.92. The van der Waals surface area contributed by atoms with Crippen molar-refractivity contribution in [1.82, 2.24) is 19.6 Å². The summed E-state index contributed by atoms with van der Waals surface area (Å²) in [6, 6.07) is 4.13. The van der Waals surface area contributed by atoms with E-state index < -0.39 is 12.2 Å². The van der Waals surface area contributed by atoms with Crippen molar-refractivity contribution in [3.63, 3.8) is 0 Å². The Hall–Kier alpha value is -2.29. The number of likely N-dealkylation sites (N-methyl/N-ethyl adjacent to an activating group) is 1. The molecule has 1 fully saturated rings. The number of guanidine groups is 1. The largest absolute Gasteiger partial charge is 0.382 e. The molecule has 1 saturated heterocycles. The first-order valence-electron chi connectivity index (χ1n) is 10.7. The molecule has 3 amide bonds. The standard InChI is InChI=1S/C22H27Cl2N5O3/c1-5-32-10-6-9-27-13(2)14(3)29-18-19(25-21(27)29)26(4)22(31)28(20(18)30)12-15-7-8-16(23)17(24)11-15/h7-8,11,18-19H,5-6,9-10,12H2,1-4H3. The van der Waals surface area contributed by atoms with E-state index in [2.05, 4.69) is 4.90 Å². The number of allylic oxidation sites excluding steroid dienone is 2. The number of aliphatic imine (C=N–C) groups is 1. The van der Waals surface area contributed by atoms with E-state index in [0.717, 1.165) is 35.9 Å². The van der Waals surface area contributed by atoms with Gasteiger partial charge in [0.1, 0.15) is 0 Å². The summed E-state index contributed by atoms with van der Waals surface area (Å²) in [5, 5.41) is 0.811. The van der Waals surface area contributed by atoms with Gasteiger partial charge in [-0.3, -0.25) is 14.6 Å². The molecule has 0 saturated carbocycles. The van der Waals surface area contributed by atoms with E-state index in [-0.39, 0.29) is 18.5 Å². The van der Waals surface area contributed by atoms with Gasteiger partial charge in [0.2, 0.25) is 5.96 Å². The Morgan fingerprint density at radius 3 is 2.53 bits per heavy atom. The Balaban J connectivity index is 1.59. The van der Waals surface area contributed by atoms with E-state index in [9.17, 15) is 9.59 Å². The SMILES string of the molecule is CCOCCCN1C2=NC3C(C(=O)N(Cc4ccc(Cl)c(Cl)c4)C(=O)N3C)N2C(C)=C1C. The lowest BCUT2D eigenvalue weighted by molar-refractivity contribution is -0.137. The highest BCUT2D eigenvalue weighted by molar-refractivity contribution is 6.42. The smallest absolute Gasteiger partial charge is 0.328 e. The topological polar surface area (TPSA) is 68.7 Å². The minimum atomic E-state index is -0.595. The van der Waals surface area contributed by atoms with Crippen LogP contribution in [0.2, 0.25) is 10.0 Å². The average molecular weight is 480 g/mol. The monoisotopic (exact) mass is 479 g/mol. The first-order valence-corrected chi connectivity index (χ1v) is 11.4. The summed E-state index contributed by atoms with van der Waals surface area (Å²) in [4.78, 5) is 38.3. The van der Waals surface area contributed by atoms with Crippen molar-refractivity contribution in [3.05, 3.63) is 45.2 Å². The van der Waals surface area contributed by atoms with Crippen LogP contribution in [0.15, 0.2) is 34.6 Å². The van der Waals surface area contributed by atoms with Crippen LogP contribution in [0.1, 0.15) is 32.8 Å². The lowest BCUT2D eigenvalue weighted by Gasteiger charge is -2.40. The van der Waals surface area contributed by atoms with Crippen molar-refractivity contribution in [2.45, 2.75) is 45.9 Å². The first-order chi connectivity index (χ1) is 15.3. The van der Waals surface area contributed by atoms with Gasteiger partial charge >= 0.3 is 6.03 Å². The second-order valence-corrected chi connectivity index (χ2v) is 8.91. The number of benzene rings is 1. The number of imide groups is 1. The molecule has 0 radical (unpaired) electrons. The van der Waals surface area contributed by atoms with E-state index in [1.807, 2.05) is 25.7 Å². The second-order valence-electron chi connectivity index (χ2n) is 8.10. The summed E-state index contributed by atoms with van der Waals surface area (Å²) < 4.78 is 5.47. The van der Waals surface area contributed by atoms with Crippen LogP contribution < -0.4 is 0 Å². The molecular weight excluding hydrogens is 453 g/mol. The van der Waals surface area contributed by atoms with Crippen molar-refractivity contribution in [2.24, 2.45) is 4.99 Å². The minimum Gasteiger partial charge on any atom is -0.382 e. The molecule has 0 bridgehead atoms. The Morgan fingerprint density at radius 1 is 1.09 bits per heavy atom. The van der Waals surface area contributed by atoms with E-state index in [1.165, 1.54) is 9.80 Å². The highest BCUT2D eigenvalue weighted by atomic mass is 35.5. The molecule has 10 heteroatoms. The Morgan fingerprint density at radius 2 is 1.84 bits per heavy atom. The third-order valence-corrected chi connectivity index (χ3v) is 6.94. The summed E-state index contributed by atoms with van der Waals surface area (Å²) in [5.74, 6) is 0.446. The number of hydrogen-bond acceptors (Lipinski definition) is 6. The minimum absolute atomic E-state index is 0.116. The molecule has 0 aliphatic carbocycles. The van der Waals surface area contributed by atoms with Gasteiger partial charge in [0.25, 0.3) is 5.91 Å². The molecule has 0 N–H and O–H groups in total. The molecule has 0 spiro atoms. The van der Waals surface area contributed by atoms with E-state index >= 15 is 0 Å². The Kier molecular flexibility index (Phi) is 6.38. The summed E-state index contributed by atoms with van der Waals surface area (Å²) in [6.45, 7) is 8.18. The Labute approximate surface area is 198 Å². The summed E-state index contributed by atoms with van der Waals surface area (Å²) in [6.07, 6.45) is 0.278. The molecule has 8 nitrogen and oxygen atoms in total. The van der Waals surface area contributed by atoms with Crippen molar-refractivity contribution in [2.75, 3.05) is 26.8 Å². The molecule has 3 heterocycles. The van der Waals surface area contributed by atoms with Crippen LogP contribution >= 0.6 is 23.2 Å². The highest BCUT2D eigenvalue weighted by Gasteiger charge is 2.55. The normalized spacial score (nSPS) is 22.8. The van der Waals surface area contributed by atoms with Crippen LogP contribution in [0.25, 0.3) is 0 Å². The first kappa shape index (κ1) is 22.9. The van der Waals surface area contributed by atoms with Crippen molar-refractivity contribution in [1.29, 1.82) is 0 Å². The molecule has 32 heavy (non-hydrogen) atoms. The quantitative estimate of drug-likeness (QED) is 0.557. The number of urea groups is 1. The molecular formula is C22H27Cl2N5O3. The van der Waals surface area contributed by atoms with Gasteiger partial charge in [-0.25, -0.2) is 9.79 Å². The number of hydrogen-bond donors (Lipinski definition) is 0. The fraction of sp³-hybridized carbons (Fsp3) is 0.500. The summed E-state index contributed by atoms with van der Waals surface area (Å²) in [7, 11) is 1.69. The Bertz CT molecular complexity index is 1010. The van der Waals surface area contributed by atoms with Gasteiger partial charge < -0.3 is 14.5 Å². The predicted molar refractivity (Wildman–Crippen MR) is 123 cm³/mol. The van der Waals surface area contributed by atoms with Crippen molar-refractivity contribution < 1.29 is 14.3 Å². The van der Waals surface area contributed by atoms with E-state index in [4.69, 9.17) is 32.9 Å². The zero-order valence-corrected chi connectivity index (χ0v) is 20.2. The highest BCUT2D eigenvalue weighted by Crippen LogP contribution is 2.38. The van der Waals surface area contributed by atoms with Crippen molar-refractivity contribution in [3.8, 4) is 0 Å². The van der Waals surface area contributed by atoms with Crippen LogP contribution in [0, 0.1) is 0 Å². The van der Waals surface area contributed by atoms with Crippen LogP contribution in [0.5, 0.6) is 0 Å². The van der Waals surface area contributed by atoms with Crippen LogP contribution in [-0.2, 0) is 16.1 Å². The molecule has 172 valence electrons. The van der Waals surface area contributed by atoms with E-state index in [1.54, 1.807) is 25.2 Å². The third-order valence-electron chi connectivity index (χ3n) is 6.20. The molecule has 1 aromatic carbocycles. The zero-order valence-electron chi connectivity index (χ0n) is 18.6. The lowest BCUT2D eigenvalue weighted by atomic mass is 10.1. The average Bonchev–Trinajstić information content (AvgIpc) is 3.26. The summed E-state index contributed by atoms with van der Waals surface area (Å²) >= 11 is 12.1. The van der Waals surface area contributed by atoms with Gasteiger partial charge in [0, 0.05) is 38.2 Å². The number of halogens is 2. The molecule has 0 aromatic heterocycles. The van der Waals surface area contributed by atoms with Crippen molar-refractivity contribution >= 4 is 41.1 Å². The van der Waals surface area contributed by atoms with Gasteiger partial charge in [-0.15, -0.1) is 0 Å². The zero-order chi connectivity index (χ0) is 23.2. The number of rotatable bonds is 7. The number of amides is 3. The van der Waals surface area contributed by atoms with Crippen LogP contribution in [0.4, 0.5) is 4.79 Å². The lowest BCUT2D eigenvalue weighted by Crippen LogP contribution is -2.64. The summed E-state index contributed by atoms with van der Waals surface area (Å²) in [5.41, 5.74) is 2.76. The number of nitrogens with zero attached hydrogens (tertiary/aromatic N) is 5. The number of carbonyl (C=O) groups is 2. The predicted octanol–water partition coefficient (Wildman–Crippen LogP) is 3.75. The van der Waals surface area contributed by atoms with Gasteiger partial charge in [0.15, 0.2) is 12.2 Å². The molecule has 4 rings (SSSR count). The maximum atomic E-state index is 13.6. The molecule has 2 unspecified atom stereocenters. The van der Waals surface area contributed by atoms with Gasteiger partial charge in [-0.1, -0.05) is 29.3 Å². The number of carbonyl (C=O) groups excluding carboxylic acids is 2.